The van der Waals surface area contributed by atoms with Crippen molar-refractivity contribution in [2.45, 2.75) is 241 Å². The number of hydrogen-bond donors (Lipinski definition) is 3. The lowest BCUT2D eigenvalue weighted by atomic mass is 9.81. The van der Waals surface area contributed by atoms with Crippen molar-refractivity contribution in [3.63, 3.8) is 0 Å². The Bertz CT molecular complexity index is 3180. The lowest BCUT2D eigenvalue weighted by molar-refractivity contribution is -0.159. The Balaban J connectivity index is 1.17. The number of halogens is 4. The second-order valence-electron chi connectivity index (χ2n) is 29.8. The number of alkyl halides is 3. The van der Waals surface area contributed by atoms with Crippen LogP contribution in [0.25, 0.3) is 0 Å². The maximum atomic E-state index is 15.9. The SMILES string of the molecule is CCC[C@H]1C(=O)N[C@@H]([C@@H](C)CC)C(=O)N(C)CC(=O)N(C)CC(=O)N(C)[C@@H](CC2CCCC2)C(=O)N(C)CC(=O)N[C@@H](CCc2ccc(C(F)(F)F)c(Cl)c2)C(=O)N2CCCC2C(=O)NC2(CCCC2)C(=O)N(C)[C@@H](C2CCCCC2)C(=O)N(C)[C@H](C(=O)N2C3CCC2COC3)CC(=O)N1C. The molecule has 3 N–H and O–H groups in total. The Labute approximate surface area is 597 Å². The first-order valence-electron chi connectivity index (χ1n) is 36.6. The van der Waals surface area contributed by atoms with Crippen LogP contribution < -0.4 is 16.0 Å². The van der Waals surface area contributed by atoms with Crippen LogP contribution in [0.1, 0.15) is 180 Å². The highest BCUT2D eigenvalue weighted by molar-refractivity contribution is 6.31. The molecule has 4 heterocycles. The number of rotatable bonds is 11. The smallest absolute Gasteiger partial charge is 0.377 e. The number of hydrogen-bond acceptors (Lipinski definition) is 13. The number of likely N-dealkylation sites (N-methyl/N-ethyl adjacent to an activating group) is 7. The number of nitrogens with zero attached hydrogens (tertiary/aromatic N) is 9. The van der Waals surface area contributed by atoms with Crippen LogP contribution in [0.15, 0.2) is 18.2 Å². The molecule has 29 heteroatoms. The van der Waals surface area contributed by atoms with E-state index >= 15 is 28.8 Å². The molecule has 7 aliphatic rings. The summed E-state index contributed by atoms with van der Waals surface area (Å²) in [6.07, 6.45) is 5.42. The van der Waals surface area contributed by atoms with E-state index in [0.717, 1.165) is 71.8 Å². The van der Waals surface area contributed by atoms with Gasteiger partial charge in [0, 0.05) is 55.9 Å². The molecule has 12 amide bonds. The summed E-state index contributed by atoms with van der Waals surface area (Å²) in [5.41, 5.74) is -2.35. The third kappa shape index (κ3) is 18.8. The second kappa shape index (κ2) is 34.9. The van der Waals surface area contributed by atoms with Crippen LogP contribution in [0, 0.1) is 17.8 Å². The van der Waals surface area contributed by atoms with Crippen molar-refractivity contribution in [3.05, 3.63) is 34.3 Å². The summed E-state index contributed by atoms with van der Waals surface area (Å²) in [7, 11) is 9.98. The third-order valence-electron chi connectivity index (χ3n) is 22.8. The van der Waals surface area contributed by atoms with Crippen LogP contribution in [0.4, 0.5) is 13.2 Å². The molecule has 1 spiro atoms. The van der Waals surface area contributed by atoms with Crippen LogP contribution in [0.5, 0.6) is 0 Å². The molecule has 25 nitrogen and oxygen atoms in total. The highest BCUT2D eigenvalue weighted by Gasteiger charge is 2.53. The predicted molar refractivity (Wildman–Crippen MR) is 368 cm³/mol. The van der Waals surface area contributed by atoms with E-state index in [9.17, 15) is 41.9 Å². The van der Waals surface area contributed by atoms with Crippen molar-refractivity contribution < 1.29 is 75.4 Å². The zero-order valence-corrected chi connectivity index (χ0v) is 61.5. The quantitative estimate of drug-likeness (QED) is 0.258. The summed E-state index contributed by atoms with van der Waals surface area (Å²) in [6, 6.07) is -6.27. The molecule has 0 radical (unpaired) electrons. The van der Waals surface area contributed by atoms with Crippen molar-refractivity contribution >= 4 is 82.5 Å². The number of carbonyl (C=O) groups is 12. The average molecular weight is 1440 g/mol. The molecule has 1 aromatic rings. The number of morpholine rings is 1. The van der Waals surface area contributed by atoms with Crippen LogP contribution in [-0.2, 0) is 74.9 Å². The molecule has 2 bridgehead atoms. The van der Waals surface area contributed by atoms with Gasteiger partial charge in [0.25, 0.3) is 0 Å². The topological polar surface area (TPSA) is 279 Å². The lowest BCUT2D eigenvalue weighted by Gasteiger charge is -2.44. The third-order valence-corrected chi connectivity index (χ3v) is 23.1. The van der Waals surface area contributed by atoms with Crippen molar-refractivity contribution in [1.82, 2.24) is 60.0 Å². The first-order chi connectivity index (χ1) is 47.8. The number of aryl methyl sites for hydroxylation is 1. The minimum atomic E-state index is -4.76. The molecule has 3 saturated carbocycles. The van der Waals surface area contributed by atoms with E-state index in [1.807, 2.05) is 13.8 Å². The fourth-order valence-electron chi connectivity index (χ4n) is 16.4. The minimum absolute atomic E-state index is 0.0283. The average Bonchev–Trinajstić information content (AvgIpc) is 1.75. The Morgan fingerprint density at radius 1 is 0.644 bits per heavy atom. The molecule has 7 fully saturated rings. The number of carbonyl (C=O) groups excluding carboxylic acids is 12. The molecule has 562 valence electrons. The van der Waals surface area contributed by atoms with Gasteiger partial charge in [-0.15, -0.1) is 0 Å². The first kappa shape index (κ1) is 79.6. The van der Waals surface area contributed by atoms with Gasteiger partial charge in [0.15, 0.2) is 0 Å². The zero-order chi connectivity index (χ0) is 73.9. The van der Waals surface area contributed by atoms with Gasteiger partial charge in [0.05, 0.1) is 61.9 Å². The van der Waals surface area contributed by atoms with E-state index < -0.39 is 173 Å². The molecule has 3 aliphatic carbocycles. The molecule has 4 aliphatic heterocycles. The van der Waals surface area contributed by atoms with E-state index in [1.54, 1.807) is 11.8 Å². The van der Waals surface area contributed by atoms with Crippen LogP contribution in [-0.4, -0.2) is 264 Å². The molecular weight excluding hydrogens is 1330 g/mol. The van der Waals surface area contributed by atoms with E-state index in [0.29, 0.717) is 63.4 Å². The van der Waals surface area contributed by atoms with E-state index in [1.165, 1.54) is 79.9 Å². The van der Waals surface area contributed by atoms with Gasteiger partial charge >= 0.3 is 6.18 Å². The summed E-state index contributed by atoms with van der Waals surface area (Å²) in [5.74, 6) is -8.61. The maximum Gasteiger partial charge on any atom is 0.417 e. The van der Waals surface area contributed by atoms with E-state index in [2.05, 4.69) is 16.0 Å². The van der Waals surface area contributed by atoms with Gasteiger partial charge in [-0.05, 0) is 112 Å². The molecular formula is C72H108ClF3N12O13. The standard InChI is InChI=1S/C72H108ClF3N12O13/c1-11-21-53-63(93)78-61(44(3)12-2)68(98)82(6)40-59(91)80(4)41-60(92)84(8)55(37-45-22-16-17-23-45)66(96)81(5)39-57(89)77-52(32-28-46-27-31-50(51(73)36-46)72(74,75)76)65(95)87-35-20-26-54(87)64(94)79-71(33-18-19-34-71)70(100)86(10)62(47-24-14-13-15-25-47)69(99)85(9)56(38-58(90)83(53)7)67(97)88-48-29-30-49(88)43-101-42-48/h27,31,36,44-45,47-49,52-56,61-62H,11-26,28-30,32-35,37-43H2,1-10H3,(H,77,89)(H,78,93)(H,79,94)/t44-,48?,49?,52-,53-,54?,55-,56-,61-,62-/m0/s1. The molecule has 3 unspecified atom stereocenters. The number of benzene rings is 1. The summed E-state index contributed by atoms with van der Waals surface area (Å²) in [6.45, 7) is 4.27. The molecule has 8 rings (SSSR count). The van der Waals surface area contributed by atoms with E-state index in [-0.39, 0.29) is 82.7 Å². The molecule has 101 heavy (non-hydrogen) atoms. The fraction of sp³-hybridized carbons (Fsp3) is 0.750. The van der Waals surface area contributed by atoms with Gasteiger partial charge < -0.3 is 64.8 Å². The maximum absolute atomic E-state index is 15.9. The molecule has 0 aromatic heterocycles. The normalized spacial score (nSPS) is 28.5. The predicted octanol–water partition coefficient (Wildman–Crippen LogP) is 5.16. The Kier molecular flexibility index (Phi) is 27.5. The van der Waals surface area contributed by atoms with Gasteiger partial charge in [0.1, 0.15) is 47.8 Å². The van der Waals surface area contributed by atoms with Crippen LogP contribution >= 0.6 is 11.6 Å². The fourth-order valence-corrected chi connectivity index (χ4v) is 16.7. The number of ether oxygens (including phenoxy) is 1. The largest absolute Gasteiger partial charge is 0.417 e. The lowest BCUT2D eigenvalue weighted by Crippen LogP contribution is -2.65. The molecule has 4 saturated heterocycles. The minimum Gasteiger partial charge on any atom is -0.377 e. The van der Waals surface area contributed by atoms with Gasteiger partial charge in [-0.3, -0.25) is 57.5 Å². The van der Waals surface area contributed by atoms with E-state index in [4.69, 9.17) is 16.3 Å². The Morgan fingerprint density at radius 2 is 1.26 bits per heavy atom. The summed E-state index contributed by atoms with van der Waals surface area (Å²) >= 11 is 6.16. The highest BCUT2D eigenvalue weighted by Crippen LogP contribution is 2.39. The summed E-state index contributed by atoms with van der Waals surface area (Å²) in [4.78, 5) is 191. The van der Waals surface area contributed by atoms with Crippen molar-refractivity contribution in [1.29, 1.82) is 0 Å². The first-order valence-corrected chi connectivity index (χ1v) is 37.0. The molecule has 10 atom stereocenters. The number of amides is 12. The second-order valence-corrected chi connectivity index (χ2v) is 30.2. The monoisotopic (exact) mass is 1440 g/mol. The van der Waals surface area contributed by atoms with Gasteiger partial charge in [-0.25, -0.2) is 0 Å². The summed E-state index contributed by atoms with van der Waals surface area (Å²) < 4.78 is 47.5. The van der Waals surface area contributed by atoms with Crippen molar-refractivity contribution in [2.24, 2.45) is 17.8 Å². The summed E-state index contributed by atoms with van der Waals surface area (Å²) in [5, 5.41) is 8.17. The highest BCUT2D eigenvalue weighted by atomic mass is 35.5. The zero-order valence-electron chi connectivity index (χ0n) is 60.7. The molecule has 1 aromatic carbocycles. The van der Waals surface area contributed by atoms with Gasteiger partial charge in [-0.2, -0.15) is 13.2 Å². The van der Waals surface area contributed by atoms with Crippen LogP contribution in [0.2, 0.25) is 5.02 Å². The Hall–Kier alpha value is -7.10. The van der Waals surface area contributed by atoms with Crippen molar-refractivity contribution in [3.8, 4) is 0 Å². The van der Waals surface area contributed by atoms with Gasteiger partial charge in [-0.1, -0.05) is 109 Å². The van der Waals surface area contributed by atoms with Crippen molar-refractivity contribution in [2.75, 3.05) is 88.7 Å². The van der Waals surface area contributed by atoms with Crippen LogP contribution in [0.3, 0.4) is 0 Å². The number of nitrogens with one attached hydrogen (secondary N) is 3. The van der Waals surface area contributed by atoms with Gasteiger partial charge in [0.2, 0.25) is 70.9 Å². The number of fused-ring (bicyclic) bond motifs is 3. The Morgan fingerprint density at radius 3 is 1.87 bits per heavy atom.